The second-order valence-corrected chi connectivity index (χ2v) is 5.80. The number of benzene rings is 1. The minimum atomic E-state index is -4.01. The number of rotatable bonds is 5. The van der Waals surface area contributed by atoms with Crippen LogP contribution < -0.4 is 4.31 Å². The Kier molecular flexibility index (Phi) is 4.05. The molecule has 1 heterocycles. The fourth-order valence-electron chi connectivity index (χ4n) is 1.87. The van der Waals surface area contributed by atoms with Crippen LogP contribution in [0.3, 0.4) is 0 Å². The third-order valence-electron chi connectivity index (χ3n) is 2.80. The van der Waals surface area contributed by atoms with Crippen molar-refractivity contribution in [2.75, 3.05) is 10.8 Å². The van der Waals surface area contributed by atoms with Crippen LogP contribution in [0, 0.1) is 5.82 Å². The highest BCUT2D eigenvalue weighted by Gasteiger charge is 2.29. The molecule has 8 heteroatoms. The Morgan fingerprint density at radius 1 is 1.40 bits per heavy atom. The van der Waals surface area contributed by atoms with E-state index in [4.69, 9.17) is 5.11 Å². The molecule has 0 amide bonds. The van der Waals surface area contributed by atoms with E-state index < -0.39 is 22.4 Å². The van der Waals surface area contributed by atoms with Crippen LogP contribution in [0.25, 0.3) is 0 Å². The Balaban J connectivity index is 2.54. The molecule has 2 rings (SSSR count). The summed E-state index contributed by atoms with van der Waals surface area (Å²) in [7, 11) is -4.01. The highest BCUT2D eigenvalue weighted by Crippen LogP contribution is 2.26. The number of nitrogens with one attached hydrogen (secondary N) is 1. The Bertz CT molecular complexity index is 699. The Morgan fingerprint density at radius 3 is 2.70 bits per heavy atom. The summed E-state index contributed by atoms with van der Waals surface area (Å²) in [6.45, 7) is 1.17. The summed E-state index contributed by atoms with van der Waals surface area (Å²) in [6.07, 6.45) is 1.22. The van der Waals surface area contributed by atoms with Crippen molar-refractivity contribution in [1.82, 2.24) is 10.2 Å². The van der Waals surface area contributed by atoms with E-state index in [9.17, 15) is 12.8 Å². The molecule has 0 fully saturated rings. The van der Waals surface area contributed by atoms with Gasteiger partial charge in [-0.1, -0.05) is 12.1 Å². The number of aliphatic hydroxyl groups excluding tert-OH is 1. The van der Waals surface area contributed by atoms with Crippen LogP contribution in [0.15, 0.2) is 35.5 Å². The molecule has 0 aliphatic heterocycles. The SMILES string of the molecule is CCN(c1ccccc1F)S(=O)(=O)c1[nH]ncc1CO. The molecule has 0 radical (unpaired) electrons. The maximum atomic E-state index is 13.8. The third kappa shape index (κ3) is 2.39. The number of aliphatic hydroxyl groups is 1. The molecular weight excluding hydrogens is 285 g/mol. The van der Waals surface area contributed by atoms with Gasteiger partial charge in [0, 0.05) is 12.1 Å². The molecule has 1 aromatic carbocycles. The topological polar surface area (TPSA) is 86.3 Å². The van der Waals surface area contributed by atoms with Crippen molar-refractivity contribution in [2.45, 2.75) is 18.6 Å². The normalized spacial score (nSPS) is 11.6. The largest absolute Gasteiger partial charge is 0.392 e. The van der Waals surface area contributed by atoms with Gasteiger partial charge in [-0.2, -0.15) is 13.5 Å². The maximum absolute atomic E-state index is 13.8. The Labute approximate surface area is 115 Å². The van der Waals surface area contributed by atoms with Crippen molar-refractivity contribution in [3.8, 4) is 0 Å². The van der Waals surface area contributed by atoms with Gasteiger partial charge in [0.15, 0.2) is 5.03 Å². The summed E-state index contributed by atoms with van der Waals surface area (Å²) in [4.78, 5) is 0. The summed E-state index contributed by atoms with van der Waals surface area (Å²) in [5, 5.41) is 14.8. The predicted octanol–water partition coefficient (Wildman–Crippen LogP) is 1.26. The van der Waals surface area contributed by atoms with E-state index >= 15 is 0 Å². The van der Waals surface area contributed by atoms with Gasteiger partial charge in [0.05, 0.1) is 18.5 Å². The lowest BCUT2D eigenvalue weighted by molar-refractivity contribution is 0.278. The van der Waals surface area contributed by atoms with Crippen LogP contribution >= 0.6 is 0 Å². The molecule has 0 saturated carbocycles. The number of hydrogen-bond donors (Lipinski definition) is 2. The molecule has 0 unspecified atom stereocenters. The molecule has 2 N–H and O–H groups in total. The minimum Gasteiger partial charge on any atom is -0.392 e. The van der Waals surface area contributed by atoms with Crippen molar-refractivity contribution < 1.29 is 17.9 Å². The first-order chi connectivity index (χ1) is 9.52. The number of anilines is 1. The lowest BCUT2D eigenvalue weighted by Gasteiger charge is -2.22. The van der Waals surface area contributed by atoms with E-state index in [1.807, 2.05) is 0 Å². The number of hydrogen-bond acceptors (Lipinski definition) is 4. The highest BCUT2D eigenvalue weighted by molar-refractivity contribution is 7.92. The van der Waals surface area contributed by atoms with Gasteiger partial charge in [-0.3, -0.25) is 9.40 Å². The van der Waals surface area contributed by atoms with Gasteiger partial charge in [0.25, 0.3) is 10.0 Å². The van der Waals surface area contributed by atoms with E-state index in [0.717, 1.165) is 4.31 Å². The van der Waals surface area contributed by atoms with E-state index in [1.165, 1.54) is 24.4 Å². The van der Waals surface area contributed by atoms with Crippen LogP contribution in [0.1, 0.15) is 12.5 Å². The van der Waals surface area contributed by atoms with E-state index in [0.29, 0.717) is 0 Å². The summed E-state index contributed by atoms with van der Waals surface area (Å²) in [5.41, 5.74) is 0.0910. The molecule has 2 aromatic rings. The molecule has 20 heavy (non-hydrogen) atoms. The van der Waals surface area contributed by atoms with Gasteiger partial charge in [0.1, 0.15) is 5.82 Å². The molecule has 0 atom stereocenters. The molecule has 1 aromatic heterocycles. The number of aromatic amines is 1. The number of aromatic nitrogens is 2. The second kappa shape index (κ2) is 5.59. The Morgan fingerprint density at radius 2 is 2.10 bits per heavy atom. The van der Waals surface area contributed by atoms with Crippen molar-refractivity contribution in [2.24, 2.45) is 0 Å². The number of para-hydroxylation sites is 1. The van der Waals surface area contributed by atoms with E-state index in [1.54, 1.807) is 13.0 Å². The van der Waals surface area contributed by atoms with E-state index in [2.05, 4.69) is 10.2 Å². The van der Waals surface area contributed by atoms with Crippen molar-refractivity contribution in [1.29, 1.82) is 0 Å². The van der Waals surface area contributed by atoms with Crippen LogP contribution in [0.5, 0.6) is 0 Å². The van der Waals surface area contributed by atoms with Crippen molar-refractivity contribution >= 4 is 15.7 Å². The number of sulfonamides is 1. The fourth-order valence-corrected chi connectivity index (χ4v) is 3.45. The lowest BCUT2D eigenvalue weighted by atomic mass is 10.3. The van der Waals surface area contributed by atoms with Gasteiger partial charge in [-0.15, -0.1) is 0 Å². The molecule has 0 aliphatic rings. The monoisotopic (exact) mass is 299 g/mol. The number of halogens is 1. The molecule has 0 aliphatic carbocycles. The van der Waals surface area contributed by atoms with Crippen molar-refractivity contribution in [3.63, 3.8) is 0 Å². The highest BCUT2D eigenvalue weighted by atomic mass is 32.2. The predicted molar refractivity (Wildman–Crippen MR) is 71.1 cm³/mol. The van der Waals surface area contributed by atoms with Crippen LogP contribution in [-0.4, -0.2) is 30.3 Å². The number of H-pyrrole nitrogens is 1. The first kappa shape index (κ1) is 14.5. The quantitative estimate of drug-likeness (QED) is 0.870. The minimum absolute atomic E-state index is 0.0477. The maximum Gasteiger partial charge on any atom is 0.281 e. The van der Waals surface area contributed by atoms with E-state index in [-0.39, 0.29) is 22.8 Å². The summed E-state index contributed by atoms with van der Waals surface area (Å²) in [5.74, 6) is -0.636. The van der Waals surface area contributed by atoms with Crippen LogP contribution in [0.4, 0.5) is 10.1 Å². The smallest absolute Gasteiger partial charge is 0.281 e. The summed E-state index contributed by atoms with van der Waals surface area (Å²) < 4.78 is 39.8. The van der Waals surface area contributed by atoms with Gasteiger partial charge < -0.3 is 5.11 Å². The zero-order chi connectivity index (χ0) is 14.8. The molecule has 0 saturated heterocycles. The van der Waals surface area contributed by atoms with Gasteiger partial charge in [-0.25, -0.2) is 4.39 Å². The number of nitrogens with zero attached hydrogens (tertiary/aromatic N) is 2. The zero-order valence-electron chi connectivity index (χ0n) is 10.7. The van der Waals surface area contributed by atoms with Crippen LogP contribution in [0.2, 0.25) is 0 Å². The first-order valence-electron chi connectivity index (χ1n) is 5.92. The first-order valence-corrected chi connectivity index (χ1v) is 7.36. The fraction of sp³-hybridized carbons (Fsp3) is 0.250. The Hall–Kier alpha value is -1.93. The molecule has 0 spiro atoms. The summed E-state index contributed by atoms with van der Waals surface area (Å²) >= 11 is 0. The van der Waals surface area contributed by atoms with Crippen LogP contribution in [-0.2, 0) is 16.6 Å². The lowest BCUT2D eigenvalue weighted by Crippen LogP contribution is -2.32. The molecule has 6 nitrogen and oxygen atoms in total. The average Bonchev–Trinajstić information content (AvgIpc) is 2.90. The summed E-state index contributed by atoms with van der Waals surface area (Å²) in [6, 6.07) is 5.60. The molecule has 0 bridgehead atoms. The van der Waals surface area contributed by atoms with Gasteiger partial charge in [-0.05, 0) is 19.1 Å². The third-order valence-corrected chi connectivity index (χ3v) is 4.71. The molecular formula is C12H14FN3O3S. The van der Waals surface area contributed by atoms with Gasteiger partial charge >= 0.3 is 0 Å². The second-order valence-electron chi connectivity index (χ2n) is 4.00. The average molecular weight is 299 g/mol. The molecule has 108 valence electrons. The van der Waals surface area contributed by atoms with Crippen molar-refractivity contribution in [3.05, 3.63) is 41.8 Å². The van der Waals surface area contributed by atoms with Gasteiger partial charge in [0.2, 0.25) is 0 Å². The zero-order valence-corrected chi connectivity index (χ0v) is 11.6. The standard InChI is InChI=1S/C12H14FN3O3S/c1-2-16(11-6-4-3-5-10(11)13)20(18,19)12-9(8-17)7-14-15-12/h3-7,17H,2,8H2,1H3,(H,14,15).